The SMILES string of the molecule is CC(CBr)Oc1ccc(F)cc1. The second kappa shape index (κ2) is 4.45. The summed E-state index contributed by atoms with van der Waals surface area (Å²) in [5.74, 6) is 0.456. The minimum Gasteiger partial charge on any atom is -0.490 e. The highest BCUT2D eigenvalue weighted by molar-refractivity contribution is 9.09. The molecule has 0 aliphatic heterocycles. The maximum absolute atomic E-state index is 12.4. The lowest BCUT2D eigenvalue weighted by molar-refractivity contribution is 0.248. The van der Waals surface area contributed by atoms with Crippen LogP contribution in [-0.4, -0.2) is 11.4 Å². The van der Waals surface area contributed by atoms with E-state index in [1.165, 1.54) is 12.1 Å². The Kier molecular flexibility index (Phi) is 3.53. The quantitative estimate of drug-likeness (QED) is 0.729. The molecule has 3 heteroatoms. The van der Waals surface area contributed by atoms with Crippen molar-refractivity contribution in [2.24, 2.45) is 0 Å². The second-order valence-corrected chi connectivity index (χ2v) is 3.18. The Morgan fingerprint density at radius 1 is 1.42 bits per heavy atom. The predicted octanol–water partition coefficient (Wildman–Crippen LogP) is 2.99. The summed E-state index contributed by atoms with van der Waals surface area (Å²) in [6.45, 7) is 1.94. The number of benzene rings is 1. The molecule has 1 aromatic rings. The van der Waals surface area contributed by atoms with Gasteiger partial charge in [0, 0.05) is 5.33 Å². The molecule has 0 saturated carbocycles. The van der Waals surface area contributed by atoms with Gasteiger partial charge >= 0.3 is 0 Å². The maximum atomic E-state index is 12.4. The van der Waals surface area contributed by atoms with Crippen LogP contribution in [0.2, 0.25) is 0 Å². The van der Waals surface area contributed by atoms with Crippen molar-refractivity contribution >= 4 is 15.9 Å². The van der Waals surface area contributed by atoms with Crippen molar-refractivity contribution in [3.05, 3.63) is 30.1 Å². The fourth-order valence-electron chi connectivity index (χ4n) is 0.777. The van der Waals surface area contributed by atoms with Gasteiger partial charge in [-0.15, -0.1) is 0 Å². The van der Waals surface area contributed by atoms with Gasteiger partial charge in [-0.1, -0.05) is 15.9 Å². The average molecular weight is 233 g/mol. The van der Waals surface area contributed by atoms with Gasteiger partial charge in [0.1, 0.15) is 17.7 Å². The van der Waals surface area contributed by atoms with Gasteiger partial charge in [0.2, 0.25) is 0 Å². The van der Waals surface area contributed by atoms with Gasteiger partial charge in [-0.05, 0) is 31.2 Å². The van der Waals surface area contributed by atoms with Crippen LogP contribution in [0.15, 0.2) is 24.3 Å². The molecule has 0 radical (unpaired) electrons. The molecule has 0 spiro atoms. The van der Waals surface area contributed by atoms with E-state index >= 15 is 0 Å². The number of ether oxygens (including phenoxy) is 1. The summed E-state index contributed by atoms with van der Waals surface area (Å²) < 4.78 is 17.8. The van der Waals surface area contributed by atoms with Crippen molar-refractivity contribution in [2.45, 2.75) is 13.0 Å². The molecule has 0 fully saturated rings. The highest BCUT2D eigenvalue weighted by Gasteiger charge is 2.00. The van der Waals surface area contributed by atoms with E-state index < -0.39 is 0 Å². The van der Waals surface area contributed by atoms with Gasteiger partial charge in [0.25, 0.3) is 0 Å². The standard InChI is InChI=1S/C9H10BrFO/c1-7(6-10)12-9-4-2-8(11)3-5-9/h2-5,7H,6H2,1H3. The van der Waals surface area contributed by atoms with Gasteiger partial charge in [0.15, 0.2) is 0 Å². The Bertz CT molecular complexity index is 235. The van der Waals surface area contributed by atoms with Crippen LogP contribution < -0.4 is 4.74 Å². The average Bonchev–Trinajstić information content (AvgIpc) is 2.09. The normalized spacial score (nSPS) is 12.6. The monoisotopic (exact) mass is 232 g/mol. The number of alkyl halides is 1. The molecule has 0 amide bonds. The Morgan fingerprint density at radius 3 is 2.50 bits per heavy atom. The summed E-state index contributed by atoms with van der Waals surface area (Å²) in [5, 5.41) is 0.768. The zero-order chi connectivity index (χ0) is 8.97. The zero-order valence-electron chi connectivity index (χ0n) is 6.76. The van der Waals surface area contributed by atoms with Gasteiger partial charge in [0.05, 0.1) is 0 Å². The molecular formula is C9H10BrFO. The molecule has 1 rings (SSSR count). The Balaban J connectivity index is 2.58. The van der Waals surface area contributed by atoms with Crippen molar-refractivity contribution < 1.29 is 9.13 Å². The summed E-state index contributed by atoms with van der Waals surface area (Å²) >= 11 is 3.29. The predicted molar refractivity (Wildman–Crippen MR) is 50.3 cm³/mol. The molecule has 66 valence electrons. The Hall–Kier alpha value is -0.570. The van der Waals surface area contributed by atoms with Crippen LogP contribution in [0.25, 0.3) is 0 Å². The first-order chi connectivity index (χ1) is 5.72. The van der Waals surface area contributed by atoms with Crippen molar-refractivity contribution in [1.82, 2.24) is 0 Å². The van der Waals surface area contributed by atoms with Crippen LogP contribution in [0.4, 0.5) is 4.39 Å². The van der Waals surface area contributed by atoms with Crippen LogP contribution in [-0.2, 0) is 0 Å². The molecule has 0 aromatic heterocycles. The van der Waals surface area contributed by atoms with Crippen molar-refractivity contribution in [3.8, 4) is 5.75 Å². The second-order valence-electron chi connectivity index (χ2n) is 2.54. The minimum absolute atomic E-state index is 0.107. The van der Waals surface area contributed by atoms with Crippen molar-refractivity contribution in [1.29, 1.82) is 0 Å². The zero-order valence-corrected chi connectivity index (χ0v) is 8.34. The van der Waals surface area contributed by atoms with E-state index in [1.54, 1.807) is 12.1 Å². The molecule has 0 saturated heterocycles. The third-order valence-corrected chi connectivity index (χ3v) is 2.28. The van der Waals surface area contributed by atoms with Crippen LogP contribution >= 0.6 is 15.9 Å². The Morgan fingerprint density at radius 2 is 2.00 bits per heavy atom. The third-order valence-electron chi connectivity index (χ3n) is 1.37. The number of hydrogen-bond donors (Lipinski definition) is 0. The summed E-state index contributed by atoms with van der Waals surface area (Å²) in [5.41, 5.74) is 0. The summed E-state index contributed by atoms with van der Waals surface area (Å²) in [6, 6.07) is 6.01. The van der Waals surface area contributed by atoms with Gasteiger partial charge in [-0.2, -0.15) is 0 Å². The summed E-state index contributed by atoms with van der Waals surface area (Å²) in [4.78, 5) is 0. The molecule has 1 atom stereocenters. The lowest BCUT2D eigenvalue weighted by atomic mass is 10.3. The molecule has 0 aliphatic rings. The summed E-state index contributed by atoms with van der Waals surface area (Å²) in [6.07, 6.45) is 0.107. The van der Waals surface area contributed by atoms with E-state index in [-0.39, 0.29) is 11.9 Å². The highest BCUT2D eigenvalue weighted by atomic mass is 79.9. The third kappa shape index (κ3) is 2.81. The number of rotatable bonds is 3. The molecule has 12 heavy (non-hydrogen) atoms. The largest absolute Gasteiger partial charge is 0.490 e. The molecule has 0 N–H and O–H groups in total. The van der Waals surface area contributed by atoms with E-state index in [4.69, 9.17) is 4.74 Å². The molecule has 1 aromatic carbocycles. The molecule has 0 bridgehead atoms. The first-order valence-electron chi connectivity index (χ1n) is 3.70. The fourth-order valence-corrected chi connectivity index (χ4v) is 0.909. The summed E-state index contributed by atoms with van der Waals surface area (Å²) in [7, 11) is 0. The van der Waals surface area contributed by atoms with Crippen LogP contribution in [0, 0.1) is 5.82 Å². The molecule has 1 nitrogen and oxygen atoms in total. The highest BCUT2D eigenvalue weighted by Crippen LogP contribution is 2.13. The molecule has 0 aliphatic carbocycles. The first kappa shape index (κ1) is 9.52. The van der Waals surface area contributed by atoms with Crippen LogP contribution in [0.1, 0.15) is 6.92 Å². The van der Waals surface area contributed by atoms with Gasteiger partial charge < -0.3 is 4.74 Å². The van der Waals surface area contributed by atoms with Crippen molar-refractivity contribution in [2.75, 3.05) is 5.33 Å². The van der Waals surface area contributed by atoms with Gasteiger partial charge in [-0.25, -0.2) is 4.39 Å². The van der Waals surface area contributed by atoms with Crippen LogP contribution in [0.3, 0.4) is 0 Å². The van der Waals surface area contributed by atoms with E-state index in [1.807, 2.05) is 6.92 Å². The number of halogens is 2. The van der Waals surface area contributed by atoms with E-state index in [0.717, 1.165) is 5.33 Å². The number of hydrogen-bond acceptors (Lipinski definition) is 1. The molecule has 0 heterocycles. The minimum atomic E-state index is -0.242. The van der Waals surface area contributed by atoms with E-state index in [2.05, 4.69) is 15.9 Å². The van der Waals surface area contributed by atoms with Gasteiger partial charge in [-0.3, -0.25) is 0 Å². The fraction of sp³-hybridized carbons (Fsp3) is 0.333. The molecular weight excluding hydrogens is 223 g/mol. The van der Waals surface area contributed by atoms with Crippen LogP contribution in [0.5, 0.6) is 5.75 Å². The lowest BCUT2D eigenvalue weighted by Gasteiger charge is -2.10. The molecule has 1 unspecified atom stereocenters. The smallest absolute Gasteiger partial charge is 0.123 e. The van der Waals surface area contributed by atoms with E-state index in [0.29, 0.717) is 5.75 Å². The lowest BCUT2D eigenvalue weighted by Crippen LogP contribution is -2.12. The maximum Gasteiger partial charge on any atom is 0.123 e. The van der Waals surface area contributed by atoms with Crippen molar-refractivity contribution in [3.63, 3.8) is 0 Å². The van der Waals surface area contributed by atoms with E-state index in [9.17, 15) is 4.39 Å². The Labute approximate surface area is 79.7 Å². The first-order valence-corrected chi connectivity index (χ1v) is 4.82. The topological polar surface area (TPSA) is 9.23 Å².